The number of ether oxygens (including phenoxy) is 3. The van der Waals surface area contributed by atoms with Crippen LogP contribution in [0.2, 0.25) is 0 Å². The number of esters is 3. The summed E-state index contributed by atoms with van der Waals surface area (Å²) in [6, 6.07) is 0. The first-order valence-electron chi connectivity index (χ1n) is 25.5. The van der Waals surface area contributed by atoms with E-state index in [0.29, 0.717) is 25.7 Å². The van der Waals surface area contributed by atoms with Gasteiger partial charge in [0.1, 0.15) is 13.2 Å². The van der Waals surface area contributed by atoms with Gasteiger partial charge in [-0.25, -0.2) is 0 Å². The number of hydrogen-bond donors (Lipinski definition) is 0. The first-order valence-corrected chi connectivity index (χ1v) is 25.5. The fourth-order valence-corrected chi connectivity index (χ4v) is 6.86. The van der Waals surface area contributed by atoms with Crippen molar-refractivity contribution in [2.45, 2.75) is 245 Å². The van der Waals surface area contributed by atoms with Crippen molar-refractivity contribution in [3.63, 3.8) is 0 Å². The SMILES string of the molecule is CCCCC\C=C/C=C\C=C/C=C\CCCCCCCC(=O)OCC(COC(=O)CCC/C=C\CCCCCC)OC(=O)CCCCCCC/C=C\CCCCCCCCC. The lowest BCUT2D eigenvalue weighted by atomic mass is 10.1. The van der Waals surface area contributed by atoms with Crippen LogP contribution in [0.1, 0.15) is 239 Å². The minimum atomic E-state index is -0.799. The zero-order chi connectivity index (χ0) is 44.4. The van der Waals surface area contributed by atoms with E-state index in [-0.39, 0.29) is 31.1 Å². The Labute approximate surface area is 376 Å². The van der Waals surface area contributed by atoms with Gasteiger partial charge in [-0.05, 0) is 89.9 Å². The van der Waals surface area contributed by atoms with E-state index in [0.717, 1.165) is 89.9 Å². The average Bonchev–Trinajstić information content (AvgIpc) is 3.26. The Bertz CT molecular complexity index is 1160. The summed E-state index contributed by atoms with van der Waals surface area (Å²) in [5.41, 5.74) is 0. The molecule has 61 heavy (non-hydrogen) atoms. The molecule has 1 unspecified atom stereocenters. The predicted molar refractivity (Wildman–Crippen MR) is 261 cm³/mol. The van der Waals surface area contributed by atoms with Crippen LogP contribution in [0.3, 0.4) is 0 Å². The lowest BCUT2D eigenvalue weighted by Gasteiger charge is -2.18. The Morgan fingerprint density at radius 2 is 0.623 bits per heavy atom. The third-order valence-corrected chi connectivity index (χ3v) is 10.7. The molecule has 0 saturated carbocycles. The van der Waals surface area contributed by atoms with Crippen molar-refractivity contribution in [1.82, 2.24) is 0 Å². The second-order valence-electron chi connectivity index (χ2n) is 16.8. The van der Waals surface area contributed by atoms with Gasteiger partial charge in [0.2, 0.25) is 0 Å². The minimum absolute atomic E-state index is 0.0998. The zero-order valence-corrected chi connectivity index (χ0v) is 39.9. The highest BCUT2D eigenvalue weighted by Gasteiger charge is 2.19. The first kappa shape index (κ1) is 57.9. The van der Waals surface area contributed by atoms with E-state index < -0.39 is 6.10 Å². The molecule has 0 spiro atoms. The van der Waals surface area contributed by atoms with Crippen molar-refractivity contribution in [2.75, 3.05) is 13.2 Å². The van der Waals surface area contributed by atoms with Gasteiger partial charge in [0, 0.05) is 19.3 Å². The van der Waals surface area contributed by atoms with Gasteiger partial charge in [0.05, 0.1) is 0 Å². The van der Waals surface area contributed by atoms with E-state index in [1.54, 1.807) is 0 Å². The Morgan fingerprint density at radius 1 is 0.328 bits per heavy atom. The molecule has 0 heterocycles. The van der Waals surface area contributed by atoms with E-state index in [2.05, 4.69) is 93.7 Å². The lowest BCUT2D eigenvalue weighted by Crippen LogP contribution is -2.30. The second-order valence-corrected chi connectivity index (χ2v) is 16.8. The van der Waals surface area contributed by atoms with Gasteiger partial charge in [0.15, 0.2) is 6.10 Å². The van der Waals surface area contributed by atoms with Crippen molar-refractivity contribution in [1.29, 1.82) is 0 Å². The summed E-state index contributed by atoms with van der Waals surface area (Å²) in [6.45, 7) is 6.51. The quantitative estimate of drug-likeness (QED) is 0.0200. The molecule has 350 valence electrons. The van der Waals surface area contributed by atoms with Crippen LogP contribution in [0.5, 0.6) is 0 Å². The van der Waals surface area contributed by atoms with Crippen LogP contribution in [-0.2, 0) is 28.6 Å². The fourth-order valence-electron chi connectivity index (χ4n) is 6.86. The molecular weight excluding hydrogens is 757 g/mol. The number of allylic oxidation sites excluding steroid dienone is 12. The maximum absolute atomic E-state index is 12.8. The van der Waals surface area contributed by atoms with Crippen molar-refractivity contribution in [3.05, 3.63) is 72.9 Å². The van der Waals surface area contributed by atoms with E-state index in [4.69, 9.17) is 14.2 Å². The molecule has 0 rings (SSSR count). The predicted octanol–water partition coefficient (Wildman–Crippen LogP) is 16.6. The number of unbranched alkanes of at least 4 members (excludes halogenated alkanes) is 25. The van der Waals surface area contributed by atoms with Gasteiger partial charge >= 0.3 is 17.9 Å². The molecule has 0 N–H and O–H groups in total. The fraction of sp³-hybridized carbons (Fsp3) is 0.727. The molecule has 0 aliphatic carbocycles. The van der Waals surface area contributed by atoms with Crippen molar-refractivity contribution in [3.8, 4) is 0 Å². The molecule has 0 radical (unpaired) electrons. The molecule has 0 aromatic heterocycles. The number of hydrogen-bond acceptors (Lipinski definition) is 6. The van der Waals surface area contributed by atoms with E-state index in [1.165, 1.54) is 103 Å². The Kier molecular flexibility index (Phi) is 46.9. The molecule has 0 fully saturated rings. The normalized spacial score (nSPS) is 12.6. The van der Waals surface area contributed by atoms with Crippen LogP contribution in [0.4, 0.5) is 0 Å². The first-order chi connectivity index (χ1) is 30.0. The highest BCUT2D eigenvalue weighted by Crippen LogP contribution is 2.13. The summed E-state index contributed by atoms with van der Waals surface area (Å²) in [7, 11) is 0. The highest BCUT2D eigenvalue weighted by atomic mass is 16.6. The molecule has 0 aliphatic heterocycles. The van der Waals surface area contributed by atoms with Crippen molar-refractivity contribution >= 4 is 17.9 Å². The molecule has 6 nitrogen and oxygen atoms in total. The molecular formula is C55H94O6. The van der Waals surface area contributed by atoms with Gasteiger partial charge in [-0.3, -0.25) is 14.4 Å². The van der Waals surface area contributed by atoms with Crippen LogP contribution in [0.25, 0.3) is 0 Å². The van der Waals surface area contributed by atoms with E-state index in [1.807, 2.05) is 0 Å². The summed E-state index contributed by atoms with van der Waals surface area (Å²) in [5, 5.41) is 0. The van der Waals surface area contributed by atoms with Crippen molar-refractivity contribution < 1.29 is 28.6 Å². The average molecular weight is 851 g/mol. The number of carbonyl (C=O) groups excluding carboxylic acids is 3. The monoisotopic (exact) mass is 851 g/mol. The Morgan fingerprint density at radius 3 is 1.08 bits per heavy atom. The molecule has 1 atom stereocenters. The molecule has 0 aromatic carbocycles. The summed E-state index contributed by atoms with van der Waals surface area (Å²) in [5.74, 6) is -0.965. The standard InChI is InChI=1S/C55H94O6/c1-4-7-10-13-16-19-21-23-25-27-28-30-31-33-36-39-42-45-48-54(57)60-51-52(50-59-53(56)47-44-41-38-35-18-15-12-9-6-3)61-55(58)49-46-43-40-37-34-32-29-26-24-22-20-17-14-11-8-5-2/h16,19,21,23,25-30,35,38,52H,4-15,17-18,20,22,24,31-34,36-37,39-51H2,1-3H3/b19-16-,23-21-,27-25-,29-26-,30-28-,38-35-. The van der Waals surface area contributed by atoms with Crippen LogP contribution in [-0.4, -0.2) is 37.2 Å². The zero-order valence-electron chi connectivity index (χ0n) is 39.9. The maximum Gasteiger partial charge on any atom is 0.306 e. The number of rotatable bonds is 45. The van der Waals surface area contributed by atoms with E-state index in [9.17, 15) is 14.4 Å². The number of carbonyl (C=O) groups is 3. The van der Waals surface area contributed by atoms with Crippen molar-refractivity contribution in [2.24, 2.45) is 0 Å². The summed E-state index contributed by atoms with van der Waals surface area (Å²) >= 11 is 0. The summed E-state index contributed by atoms with van der Waals surface area (Å²) in [6.07, 6.45) is 61.8. The Balaban J connectivity index is 4.41. The van der Waals surface area contributed by atoms with Crippen LogP contribution >= 0.6 is 0 Å². The van der Waals surface area contributed by atoms with Crippen LogP contribution < -0.4 is 0 Å². The minimum Gasteiger partial charge on any atom is -0.462 e. The van der Waals surface area contributed by atoms with Gasteiger partial charge < -0.3 is 14.2 Å². The van der Waals surface area contributed by atoms with Gasteiger partial charge in [-0.2, -0.15) is 0 Å². The molecule has 6 heteroatoms. The molecule has 0 amide bonds. The van der Waals surface area contributed by atoms with Crippen LogP contribution in [0.15, 0.2) is 72.9 Å². The molecule has 0 aromatic rings. The highest BCUT2D eigenvalue weighted by molar-refractivity contribution is 5.71. The summed E-state index contributed by atoms with van der Waals surface area (Å²) in [4.78, 5) is 37.8. The molecule has 0 saturated heterocycles. The van der Waals surface area contributed by atoms with Crippen LogP contribution in [0, 0.1) is 0 Å². The summed E-state index contributed by atoms with van der Waals surface area (Å²) < 4.78 is 16.7. The van der Waals surface area contributed by atoms with E-state index >= 15 is 0 Å². The Hall–Kier alpha value is -3.15. The topological polar surface area (TPSA) is 78.9 Å². The third kappa shape index (κ3) is 47.7. The maximum atomic E-state index is 12.8. The van der Waals surface area contributed by atoms with Gasteiger partial charge in [0.25, 0.3) is 0 Å². The van der Waals surface area contributed by atoms with Gasteiger partial charge in [-0.1, -0.05) is 203 Å². The largest absolute Gasteiger partial charge is 0.462 e. The second kappa shape index (κ2) is 49.5. The third-order valence-electron chi connectivity index (χ3n) is 10.7. The molecule has 0 aliphatic rings. The van der Waals surface area contributed by atoms with Gasteiger partial charge in [-0.15, -0.1) is 0 Å². The smallest absolute Gasteiger partial charge is 0.306 e. The molecule has 0 bridgehead atoms. The lowest BCUT2D eigenvalue weighted by molar-refractivity contribution is -0.167.